The van der Waals surface area contributed by atoms with Crippen molar-refractivity contribution in [2.24, 2.45) is 0 Å². The van der Waals surface area contributed by atoms with Crippen molar-refractivity contribution in [3.63, 3.8) is 0 Å². The van der Waals surface area contributed by atoms with E-state index in [2.05, 4.69) is 220 Å². The van der Waals surface area contributed by atoms with Gasteiger partial charge in [-0.05, 0) is 108 Å². The molecule has 59 heavy (non-hydrogen) atoms. The van der Waals surface area contributed by atoms with Gasteiger partial charge in [0, 0.05) is 22.1 Å². The van der Waals surface area contributed by atoms with Crippen LogP contribution >= 0.6 is 0 Å². The number of benzene rings is 9. The predicted octanol–water partition coefficient (Wildman–Crippen LogP) is 15.1. The summed E-state index contributed by atoms with van der Waals surface area (Å²) in [5, 5.41) is 4.92. The summed E-state index contributed by atoms with van der Waals surface area (Å²) < 4.78 is 0. The van der Waals surface area contributed by atoms with Crippen LogP contribution in [0.15, 0.2) is 206 Å². The molecule has 0 aliphatic heterocycles. The Balaban J connectivity index is 1.06. The summed E-state index contributed by atoms with van der Waals surface area (Å²) in [6.07, 6.45) is 0. The van der Waals surface area contributed by atoms with Crippen molar-refractivity contribution < 1.29 is 0 Å². The highest BCUT2D eigenvalue weighted by Gasteiger charge is 2.36. The number of hydrogen-bond donors (Lipinski definition) is 0. The van der Waals surface area contributed by atoms with E-state index in [0.717, 1.165) is 44.6 Å². The van der Waals surface area contributed by atoms with E-state index in [1.165, 1.54) is 60.7 Å². The second-order valence-electron chi connectivity index (χ2n) is 16.2. The highest BCUT2D eigenvalue weighted by Crippen LogP contribution is 2.51. The monoisotopic (exact) mass is 752 g/mol. The third-order valence-corrected chi connectivity index (χ3v) is 12.3. The van der Waals surface area contributed by atoms with Gasteiger partial charge in [0.05, 0.1) is 11.4 Å². The minimum absolute atomic E-state index is 0.0793. The van der Waals surface area contributed by atoms with Gasteiger partial charge >= 0.3 is 0 Å². The van der Waals surface area contributed by atoms with Crippen molar-refractivity contribution >= 4 is 21.5 Å². The smallest absolute Gasteiger partial charge is 0.160 e. The minimum Gasteiger partial charge on any atom is -0.228 e. The van der Waals surface area contributed by atoms with E-state index in [1.807, 2.05) is 0 Å². The molecule has 0 unspecified atom stereocenters. The van der Waals surface area contributed by atoms with E-state index in [9.17, 15) is 0 Å². The third kappa shape index (κ3) is 6.04. The molecule has 0 spiro atoms. The maximum Gasteiger partial charge on any atom is 0.160 e. The number of nitrogens with zero attached hydrogens (tertiary/aromatic N) is 2. The summed E-state index contributed by atoms with van der Waals surface area (Å²) in [6.45, 7) is 4.71. The van der Waals surface area contributed by atoms with Crippen LogP contribution in [0.4, 0.5) is 0 Å². The number of hydrogen-bond acceptors (Lipinski definition) is 2. The lowest BCUT2D eigenvalue weighted by Crippen LogP contribution is -2.14. The Kier molecular flexibility index (Phi) is 8.20. The molecule has 0 N–H and O–H groups in total. The van der Waals surface area contributed by atoms with Gasteiger partial charge in [-0.2, -0.15) is 0 Å². The van der Waals surface area contributed by atoms with Gasteiger partial charge in [0.25, 0.3) is 0 Å². The molecule has 0 fully saturated rings. The van der Waals surface area contributed by atoms with Crippen LogP contribution in [0.1, 0.15) is 25.0 Å². The van der Waals surface area contributed by atoms with Crippen LogP contribution in [0, 0.1) is 0 Å². The summed E-state index contributed by atoms with van der Waals surface area (Å²) in [5.41, 5.74) is 17.3. The first-order chi connectivity index (χ1) is 29.0. The van der Waals surface area contributed by atoms with Crippen molar-refractivity contribution in [2.45, 2.75) is 19.3 Å². The Morgan fingerprint density at radius 2 is 0.831 bits per heavy atom. The van der Waals surface area contributed by atoms with Gasteiger partial charge in [0.15, 0.2) is 5.82 Å². The van der Waals surface area contributed by atoms with Crippen molar-refractivity contribution in [2.75, 3.05) is 0 Å². The highest BCUT2D eigenvalue weighted by atomic mass is 14.9. The molecule has 9 aromatic carbocycles. The van der Waals surface area contributed by atoms with E-state index in [4.69, 9.17) is 9.97 Å². The van der Waals surface area contributed by atoms with Crippen molar-refractivity contribution in [1.82, 2.24) is 9.97 Å². The van der Waals surface area contributed by atoms with Crippen LogP contribution in [0.25, 0.3) is 100.0 Å². The fourth-order valence-electron chi connectivity index (χ4n) is 9.17. The van der Waals surface area contributed by atoms with Crippen LogP contribution in [0.2, 0.25) is 0 Å². The maximum absolute atomic E-state index is 5.34. The van der Waals surface area contributed by atoms with Gasteiger partial charge in [-0.1, -0.05) is 190 Å². The Morgan fingerprint density at radius 3 is 1.58 bits per heavy atom. The predicted molar refractivity (Wildman–Crippen MR) is 247 cm³/mol. The quantitative estimate of drug-likeness (QED) is 0.169. The second kappa shape index (κ2) is 13.9. The Morgan fingerprint density at radius 1 is 0.305 bits per heavy atom. The first-order valence-electron chi connectivity index (χ1n) is 20.4. The molecule has 0 atom stereocenters. The van der Waals surface area contributed by atoms with Gasteiger partial charge in [0.2, 0.25) is 0 Å². The zero-order chi connectivity index (χ0) is 39.5. The van der Waals surface area contributed by atoms with Gasteiger partial charge in [-0.3, -0.25) is 0 Å². The van der Waals surface area contributed by atoms with Gasteiger partial charge in [-0.25, -0.2) is 9.97 Å². The summed E-state index contributed by atoms with van der Waals surface area (Å²) in [4.78, 5) is 10.6. The summed E-state index contributed by atoms with van der Waals surface area (Å²) in [5.74, 6) is 0.697. The molecule has 1 aromatic heterocycles. The van der Waals surface area contributed by atoms with Crippen LogP contribution in [0.3, 0.4) is 0 Å². The van der Waals surface area contributed by atoms with Crippen LogP contribution in [0.5, 0.6) is 0 Å². The number of aromatic nitrogens is 2. The SMILES string of the molecule is CC1(C)c2ccc(-c3ccc(-c4cc(-c5cccc(-c6ccccc6)c5)nc(-c5ccc(-c6ccccc6)cc5)n4)c4ccccc34)cc2-c2cc3ccccc3cc21. The summed E-state index contributed by atoms with van der Waals surface area (Å²) in [6, 6.07) is 74.3. The Hall–Kier alpha value is -7.42. The van der Waals surface area contributed by atoms with E-state index in [0.29, 0.717) is 5.82 Å². The third-order valence-electron chi connectivity index (χ3n) is 12.3. The van der Waals surface area contributed by atoms with E-state index < -0.39 is 0 Å². The molecule has 10 aromatic rings. The molecule has 11 rings (SSSR count). The van der Waals surface area contributed by atoms with Crippen molar-refractivity contribution in [3.8, 4) is 78.4 Å². The topological polar surface area (TPSA) is 25.8 Å². The lowest BCUT2D eigenvalue weighted by molar-refractivity contribution is 0.661. The normalized spacial score (nSPS) is 12.7. The first kappa shape index (κ1) is 34.8. The molecule has 278 valence electrons. The molecular formula is C57H40N2. The van der Waals surface area contributed by atoms with E-state index in [1.54, 1.807) is 0 Å². The van der Waals surface area contributed by atoms with Crippen LogP contribution in [-0.2, 0) is 5.41 Å². The molecule has 0 bridgehead atoms. The standard InChI is InChI=1S/C57H40N2/c1-57(2)52-31-28-44(34-50(52)51-33-42-18-9-10-19-43(42)35-53(51)57)46-29-30-49(48-23-12-11-22-47(46)48)55-36-54(45-21-13-20-41(32-45)38-16-7-4-8-17-38)58-56(59-55)40-26-24-39(25-27-40)37-14-5-3-6-15-37/h3-36H,1-2H3. The molecule has 0 saturated heterocycles. The molecule has 0 amide bonds. The first-order valence-corrected chi connectivity index (χ1v) is 20.4. The lowest BCUT2D eigenvalue weighted by Gasteiger charge is -2.22. The average molecular weight is 753 g/mol. The molecule has 1 heterocycles. The van der Waals surface area contributed by atoms with Gasteiger partial charge < -0.3 is 0 Å². The van der Waals surface area contributed by atoms with Crippen LogP contribution in [-0.4, -0.2) is 9.97 Å². The van der Waals surface area contributed by atoms with E-state index >= 15 is 0 Å². The molecule has 0 radical (unpaired) electrons. The van der Waals surface area contributed by atoms with Crippen LogP contribution < -0.4 is 0 Å². The van der Waals surface area contributed by atoms with Gasteiger partial charge in [-0.15, -0.1) is 0 Å². The molecule has 2 nitrogen and oxygen atoms in total. The average Bonchev–Trinajstić information content (AvgIpc) is 3.52. The Bertz CT molecular complexity index is 3220. The van der Waals surface area contributed by atoms with Gasteiger partial charge in [0.1, 0.15) is 0 Å². The fraction of sp³-hybridized carbons (Fsp3) is 0.0526. The van der Waals surface area contributed by atoms with Crippen molar-refractivity contribution in [1.29, 1.82) is 0 Å². The summed E-state index contributed by atoms with van der Waals surface area (Å²) >= 11 is 0. The van der Waals surface area contributed by atoms with E-state index in [-0.39, 0.29) is 5.41 Å². The molecule has 2 heteroatoms. The molecule has 1 aliphatic rings. The molecule has 0 saturated carbocycles. The fourth-order valence-corrected chi connectivity index (χ4v) is 9.17. The highest BCUT2D eigenvalue weighted by molar-refractivity contribution is 6.05. The lowest BCUT2D eigenvalue weighted by atomic mass is 9.81. The largest absolute Gasteiger partial charge is 0.228 e. The molecule has 1 aliphatic carbocycles. The number of fused-ring (bicyclic) bond motifs is 5. The number of rotatable bonds is 6. The second-order valence-corrected chi connectivity index (χ2v) is 16.2. The zero-order valence-electron chi connectivity index (χ0n) is 33.0. The Labute approximate surface area is 345 Å². The van der Waals surface area contributed by atoms with Crippen molar-refractivity contribution in [3.05, 3.63) is 217 Å². The summed E-state index contributed by atoms with van der Waals surface area (Å²) in [7, 11) is 0. The maximum atomic E-state index is 5.34. The molecular weight excluding hydrogens is 713 g/mol. The zero-order valence-corrected chi connectivity index (χ0v) is 33.0. The minimum atomic E-state index is -0.0793.